The predicted octanol–water partition coefficient (Wildman–Crippen LogP) is 1.48. The Morgan fingerprint density at radius 2 is 2.50 bits per heavy atom. The summed E-state index contributed by atoms with van der Waals surface area (Å²) >= 11 is 1.58. The molecule has 0 aliphatic heterocycles. The van der Waals surface area contributed by atoms with E-state index in [1.165, 1.54) is 0 Å². The second kappa shape index (κ2) is 4.21. The topological polar surface area (TPSA) is 42.0 Å². The van der Waals surface area contributed by atoms with Gasteiger partial charge in [-0.15, -0.1) is 11.3 Å². The molecule has 0 saturated carbocycles. The van der Waals surface area contributed by atoms with Crippen LogP contribution in [0, 0.1) is 6.92 Å². The van der Waals surface area contributed by atoms with E-state index < -0.39 is 0 Å². The van der Waals surface area contributed by atoms with Crippen molar-refractivity contribution in [2.24, 2.45) is 0 Å². The van der Waals surface area contributed by atoms with Crippen LogP contribution in [0.25, 0.3) is 0 Å². The molecule has 1 aromatic rings. The SMILES string of the molecule is CCC(=O)NCc1nc(C)cs1. The average molecular weight is 184 g/mol. The van der Waals surface area contributed by atoms with E-state index in [0.29, 0.717) is 13.0 Å². The molecule has 0 atom stereocenters. The number of amides is 1. The van der Waals surface area contributed by atoms with Gasteiger partial charge in [0.15, 0.2) is 0 Å². The van der Waals surface area contributed by atoms with Crippen molar-refractivity contribution >= 4 is 17.2 Å². The first-order chi connectivity index (χ1) is 5.72. The molecule has 1 aromatic heterocycles. The highest BCUT2D eigenvalue weighted by molar-refractivity contribution is 7.09. The zero-order chi connectivity index (χ0) is 8.97. The molecular formula is C8H12N2OS. The van der Waals surface area contributed by atoms with Crippen LogP contribution in [0.5, 0.6) is 0 Å². The smallest absolute Gasteiger partial charge is 0.220 e. The molecule has 0 spiro atoms. The Bertz CT molecular complexity index is 270. The molecule has 0 bridgehead atoms. The minimum Gasteiger partial charge on any atom is -0.350 e. The Balaban J connectivity index is 2.38. The van der Waals surface area contributed by atoms with Crippen molar-refractivity contribution in [3.05, 3.63) is 16.1 Å². The number of carbonyl (C=O) groups excluding carboxylic acids is 1. The van der Waals surface area contributed by atoms with Gasteiger partial charge in [-0.2, -0.15) is 0 Å². The van der Waals surface area contributed by atoms with Crippen LogP contribution in [0.15, 0.2) is 5.38 Å². The first-order valence-corrected chi connectivity index (χ1v) is 4.78. The standard InChI is InChI=1S/C8H12N2OS/c1-3-7(11)9-4-8-10-6(2)5-12-8/h5H,3-4H2,1-2H3,(H,9,11). The summed E-state index contributed by atoms with van der Waals surface area (Å²) in [7, 11) is 0. The number of rotatable bonds is 3. The molecule has 1 N–H and O–H groups in total. The lowest BCUT2D eigenvalue weighted by Crippen LogP contribution is -2.21. The Labute approximate surface area is 75.8 Å². The van der Waals surface area contributed by atoms with E-state index in [0.717, 1.165) is 10.7 Å². The van der Waals surface area contributed by atoms with Crippen LogP contribution in [-0.2, 0) is 11.3 Å². The molecule has 1 heterocycles. The number of carbonyl (C=O) groups is 1. The summed E-state index contributed by atoms with van der Waals surface area (Å²) in [5.74, 6) is 0.0721. The van der Waals surface area contributed by atoms with Crippen LogP contribution in [0.4, 0.5) is 0 Å². The van der Waals surface area contributed by atoms with Crippen LogP contribution in [-0.4, -0.2) is 10.9 Å². The van der Waals surface area contributed by atoms with Gasteiger partial charge >= 0.3 is 0 Å². The Kier molecular flexibility index (Phi) is 3.22. The maximum absolute atomic E-state index is 10.9. The summed E-state index contributed by atoms with van der Waals surface area (Å²) in [5.41, 5.74) is 1.01. The van der Waals surface area contributed by atoms with E-state index in [2.05, 4.69) is 10.3 Å². The fourth-order valence-corrected chi connectivity index (χ4v) is 1.49. The van der Waals surface area contributed by atoms with Gasteiger partial charge in [0.25, 0.3) is 0 Å². The van der Waals surface area contributed by atoms with Gasteiger partial charge < -0.3 is 5.32 Å². The summed E-state index contributed by atoms with van der Waals surface area (Å²) in [5, 5.41) is 5.72. The largest absolute Gasteiger partial charge is 0.350 e. The Morgan fingerprint density at radius 1 is 1.75 bits per heavy atom. The number of thiazole rings is 1. The second-order valence-electron chi connectivity index (χ2n) is 2.51. The minimum atomic E-state index is 0.0721. The zero-order valence-corrected chi connectivity index (χ0v) is 8.07. The summed E-state index contributed by atoms with van der Waals surface area (Å²) in [4.78, 5) is 15.1. The number of nitrogens with zero attached hydrogens (tertiary/aromatic N) is 1. The summed E-state index contributed by atoms with van der Waals surface area (Å²) in [6.45, 7) is 4.34. The predicted molar refractivity (Wildman–Crippen MR) is 49.0 cm³/mol. The van der Waals surface area contributed by atoms with Gasteiger partial charge in [-0.25, -0.2) is 4.98 Å². The molecule has 0 fully saturated rings. The minimum absolute atomic E-state index is 0.0721. The van der Waals surface area contributed by atoms with Gasteiger partial charge in [-0.3, -0.25) is 4.79 Å². The maximum atomic E-state index is 10.9. The van der Waals surface area contributed by atoms with E-state index in [9.17, 15) is 4.79 Å². The van der Waals surface area contributed by atoms with Gasteiger partial charge in [0.2, 0.25) is 5.91 Å². The van der Waals surface area contributed by atoms with Crippen molar-refractivity contribution in [2.75, 3.05) is 0 Å². The lowest BCUT2D eigenvalue weighted by atomic mass is 10.4. The van der Waals surface area contributed by atoms with E-state index in [4.69, 9.17) is 0 Å². The van der Waals surface area contributed by atoms with Crippen LogP contribution in [0.2, 0.25) is 0 Å². The van der Waals surface area contributed by atoms with E-state index in [1.54, 1.807) is 11.3 Å². The number of nitrogens with one attached hydrogen (secondary N) is 1. The molecule has 0 aliphatic rings. The van der Waals surface area contributed by atoms with Crippen LogP contribution in [0.1, 0.15) is 24.0 Å². The number of aromatic nitrogens is 1. The molecule has 0 aliphatic carbocycles. The highest BCUT2D eigenvalue weighted by atomic mass is 32.1. The van der Waals surface area contributed by atoms with E-state index in [-0.39, 0.29) is 5.91 Å². The lowest BCUT2D eigenvalue weighted by molar-refractivity contribution is -0.120. The van der Waals surface area contributed by atoms with E-state index >= 15 is 0 Å². The number of hydrogen-bond acceptors (Lipinski definition) is 3. The third kappa shape index (κ3) is 2.62. The number of aryl methyl sites for hydroxylation is 1. The fourth-order valence-electron chi connectivity index (χ4n) is 0.783. The van der Waals surface area contributed by atoms with Crippen LogP contribution >= 0.6 is 11.3 Å². The van der Waals surface area contributed by atoms with Gasteiger partial charge in [-0.05, 0) is 6.92 Å². The molecule has 0 aromatic carbocycles. The monoisotopic (exact) mass is 184 g/mol. The van der Waals surface area contributed by atoms with Gasteiger partial charge in [0.05, 0.1) is 6.54 Å². The number of hydrogen-bond donors (Lipinski definition) is 1. The van der Waals surface area contributed by atoms with Crippen LogP contribution < -0.4 is 5.32 Å². The first kappa shape index (κ1) is 9.19. The zero-order valence-electron chi connectivity index (χ0n) is 7.26. The van der Waals surface area contributed by atoms with E-state index in [1.807, 2.05) is 19.2 Å². The summed E-state index contributed by atoms with van der Waals surface area (Å²) in [6, 6.07) is 0. The molecule has 0 saturated heterocycles. The molecule has 3 nitrogen and oxygen atoms in total. The van der Waals surface area contributed by atoms with Gasteiger partial charge in [-0.1, -0.05) is 6.92 Å². The molecule has 12 heavy (non-hydrogen) atoms. The third-order valence-corrected chi connectivity index (χ3v) is 2.39. The van der Waals surface area contributed by atoms with Crippen molar-refractivity contribution in [2.45, 2.75) is 26.8 Å². The summed E-state index contributed by atoms with van der Waals surface area (Å²) < 4.78 is 0. The van der Waals surface area contributed by atoms with Crippen molar-refractivity contribution < 1.29 is 4.79 Å². The van der Waals surface area contributed by atoms with Crippen molar-refractivity contribution in [1.82, 2.24) is 10.3 Å². The molecule has 1 amide bonds. The fraction of sp³-hybridized carbons (Fsp3) is 0.500. The van der Waals surface area contributed by atoms with Crippen LogP contribution in [0.3, 0.4) is 0 Å². The van der Waals surface area contributed by atoms with Gasteiger partial charge in [0, 0.05) is 17.5 Å². The molecule has 0 unspecified atom stereocenters. The Morgan fingerprint density at radius 3 is 3.00 bits per heavy atom. The highest BCUT2D eigenvalue weighted by Gasteiger charge is 2.00. The lowest BCUT2D eigenvalue weighted by Gasteiger charge is -1.98. The van der Waals surface area contributed by atoms with Crippen molar-refractivity contribution in [3.63, 3.8) is 0 Å². The highest BCUT2D eigenvalue weighted by Crippen LogP contribution is 2.07. The normalized spacial score (nSPS) is 9.83. The average Bonchev–Trinajstić information content (AvgIpc) is 2.47. The third-order valence-electron chi connectivity index (χ3n) is 1.42. The molecule has 1 rings (SSSR count). The second-order valence-corrected chi connectivity index (χ2v) is 3.46. The molecular weight excluding hydrogens is 172 g/mol. The summed E-state index contributed by atoms with van der Waals surface area (Å²) in [6.07, 6.45) is 0.532. The molecule has 0 radical (unpaired) electrons. The maximum Gasteiger partial charge on any atom is 0.220 e. The van der Waals surface area contributed by atoms with Crippen molar-refractivity contribution in [1.29, 1.82) is 0 Å². The quantitative estimate of drug-likeness (QED) is 0.773. The molecule has 66 valence electrons. The first-order valence-electron chi connectivity index (χ1n) is 3.90. The molecule has 4 heteroatoms. The Hall–Kier alpha value is -0.900. The van der Waals surface area contributed by atoms with Gasteiger partial charge in [0.1, 0.15) is 5.01 Å². The van der Waals surface area contributed by atoms with Crippen molar-refractivity contribution in [3.8, 4) is 0 Å².